The minimum absolute atomic E-state index is 0.140. The molecule has 1 N–H and O–H groups in total. The number of nitrogens with one attached hydrogen (secondary N) is 1. The number of benzene rings is 1. The normalized spacial score (nSPS) is 10.5. The molecule has 0 saturated heterocycles. The molecular formula is C19H22N4O4S. The molecule has 1 aromatic heterocycles. The number of aromatic nitrogens is 1. The van der Waals surface area contributed by atoms with Crippen LogP contribution in [0.25, 0.3) is 0 Å². The van der Waals surface area contributed by atoms with E-state index >= 15 is 0 Å². The molecule has 0 radical (unpaired) electrons. The highest BCUT2D eigenvalue weighted by molar-refractivity contribution is 7.13. The molecule has 0 fully saturated rings. The van der Waals surface area contributed by atoms with Gasteiger partial charge < -0.3 is 14.2 Å². The van der Waals surface area contributed by atoms with Gasteiger partial charge in [-0.25, -0.2) is 4.98 Å². The first kappa shape index (κ1) is 21.2. The molecule has 9 heteroatoms. The monoisotopic (exact) mass is 402 g/mol. The zero-order valence-electron chi connectivity index (χ0n) is 15.8. The number of rotatable bonds is 11. The zero-order valence-corrected chi connectivity index (χ0v) is 16.6. The first-order chi connectivity index (χ1) is 13.7. The van der Waals surface area contributed by atoms with Gasteiger partial charge in [0.25, 0.3) is 0 Å². The molecule has 0 amide bonds. The van der Waals surface area contributed by atoms with Gasteiger partial charge in [0.05, 0.1) is 44.7 Å². The maximum Gasteiger partial charge on any atom is 0.311 e. The van der Waals surface area contributed by atoms with Crippen molar-refractivity contribution >= 4 is 28.7 Å². The third kappa shape index (κ3) is 6.89. The second kappa shape index (κ2) is 11.6. The van der Waals surface area contributed by atoms with E-state index in [1.165, 1.54) is 11.3 Å². The van der Waals surface area contributed by atoms with Crippen molar-refractivity contribution in [2.75, 3.05) is 25.7 Å². The van der Waals surface area contributed by atoms with Crippen LogP contribution in [0.15, 0.2) is 28.7 Å². The highest BCUT2D eigenvalue weighted by Gasteiger charge is 2.08. The first-order valence-corrected chi connectivity index (χ1v) is 9.61. The maximum atomic E-state index is 11.5. The SMILES string of the molecule is CCOC(=O)Cc1csc(NN=Cc2ccc(OC)c(OCCCC#N)c2)n1. The molecule has 0 atom stereocenters. The lowest BCUT2D eigenvalue weighted by molar-refractivity contribution is -0.142. The Hall–Kier alpha value is -3.12. The third-order valence-corrected chi connectivity index (χ3v) is 4.23. The fourth-order valence-corrected chi connectivity index (χ4v) is 2.84. The average molecular weight is 402 g/mol. The van der Waals surface area contributed by atoms with Crippen LogP contribution in [-0.2, 0) is 16.0 Å². The second-order valence-corrected chi connectivity index (χ2v) is 6.37. The summed E-state index contributed by atoms with van der Waals surface area (Å²) in [6.45, 7) is 2.55. The predicted octanol–water partition coefficient (Wildman–Crippen LogP) is 3.39. The summed E-state index contributed by atoms with van der Waals surface area (Å²) in [5.74, 6) is 0.907. The Morgan fingerprint density at radius 3 is 3.04 bits per heavy atom. The first-order valence-electron chi connectivity index (χ1n) is 8.73. The lowest BCUT2D eigenvalue weighted by atomic mass is 10.2. The number of esters is 1. The van der Waals surface area contributed by atoms with E-state index in [1.54, 1.807) is 31.7 Å². The van der Waals surface area contributed by atoms with Crippen molar-refractivity contribution < 1.29 is 19.0 Å². The molecule has 2 rings (SSSR count). The molecular weight excluding hydrogens is 380 g/mol. The summed E-state index contributed by atoms with van der Waals surface area (Å²) in [6.07, 6.45) is 2.87. The quantitative estimate of drug-likeness (QED) is 0.266. The summed E-state index contributed by atoms with van der Waals surface area (Å²) in [5, 5.41) is 15.1. The van der Waals surface area contributed by atoms with E-state index in [0.717, 1.165) is 5.56 Å². The van der Waals surface area contributed by atoms with Gasteiger partial charge >= 0.3 is 5.97 Å². The Bertz CT molecular complexity index is 845. The van der Waals surface area contributed by atoms with Crippen LogP contribution in [0, 0.1) is 11.3 Å². The smallest absolute Gasteiger partial charge is 0.311 e. The van der Waals surface area contributed by atoms with E-state index in [9.17, 15) is 4.79 Å². The third-order valence-electron chi connectivity index (χ3n) is 3.43. The van der Waals surface area contributed by atoms with Crippen LogP contribution in [0.1, 0.15) is 31.0 Å². The Kier molecular flexibility index (Phi) is 8.75. The average Bonchev–Trinajstić information content (AvgIpc) is 3.12. The number of nitriles is 1. The lowest BCUT2D eigenvalue weighted by Gasteiger charge is -2.10. The second-order valence-electron chi connectivity index (χ2n) is 5.52. The van der Waals surface area contributed by atoms with E-state index in [1.807, 2.05) is 12.1 Å². The minimum Gasteiger partial charge on any atom is -0.493 e. The van der Waals surface area contributed by atoms with Crippen molar-refractivity contribution in [3.05, 3.63) is 34.8 Å². The van der Waals surface area contributed by atoms with Crippen molar-refractivity contribution in [2.24, 2.45) is 5.10 Å². The molecule has 1 heterocycles. The number of hydrogen-bond acceptors (Lipinski definition) is 9. The van der Waals surface area contributed by atoms with Crippen molar-refractivity contribution in [3.63, 3.8) is 0 Å². The summed E-state index contributed by atoms with van der Waals surface area (Å²) < 4.78 is 15.9. The molecule has 1 aromatic carbocycles. The van der Waals surface area contributed by atoms with Crippen LogP contribution in [0.3, 0.4) is 0 Å². The molecule has 0 aliphatic carbocycles. The number of hydrogen-bond donors (Lipinski definition) is 1. The minimum atomic E-state index is -0.302. The Labute approximate surface area is 167 Å². The number of methoxy groups -OCH3 is 1. The van der Waals surface area contributed by atoms with Crippen molar-refractivity contribution in [2.45, 2.75) is 26.2 Å². The molecule has 8 nitrogen and oxygen atoms in total. The topological polar surface area (TPSA) is 106 Å². The van der Waals surface area contributed by atoms with Crippen LogP contribution in [0.5, 0.6) is 11.5 Å². The molecule has 0 aliphatic heterocycles. The van der Waals surface area contributed by atoms with E-state index in [2.05, 4.69) is 21.6 Å². The Morgan fingerprint density at radius 1 is 1.43 bits per heavy atom. The van der Waals surface area contributed by atoms with Crippen molar-refractivity contribution in [1.29, 1.82) is 5.26 Å². The number of hydrazone groups is 1. The van der Waals surface area contributed by atoms with Crippen molar-refractivity contribution in [3.8, 4) is 17.6 Å². The molecule has 148 valence electrons. The molecule has 28 heavy (non-hydrogen) atoms. The van der Waals surface area contributed by atoms with E-state index in [0.29, 0.717) is 48.4 Å². The number of unbranched alkanes of at least 4 members (excludes halogenated alkanes) is 1. The summed E-state index contributed by atoms with van der Waals surface area (Å²) in [7, 11) is 1.57. The summed E-state index contributed by atoms with van der Waals surface area (Å²) >= 11 is 1.35. The number of ether oxygens (including phenoxy) is 3. The molecule has 0 bridgehead atoms. The highest BCUT2D eigenvalue weighted by atomic mass is 32.1. The molecule has 0 spiro atoms. The van der Waals surface area contributed by atoms with Crippen LogP contribution in [0.2, 0.25) is 0 Å². The molecule has 0 saturated carbocycles. The Morgan fingerprint density at radius 2 is 2.29 bits per heavy atom. The van der Waals surface area contributed by atoms with Crippen LogP contribution >= 0.6 is 11.3 Å². The predicted molar refractivity (Wildman–Crippen MR) is 107 cm³/mol. The summed E-state index contributed by atoms with van der Waals surface area (Å²) in [4.78, 5) is 15.8. The van der Waals surface area contributed by atoms with Gasteiger partial charge in [-0.05, 0) is 37.1 Å². The van der Waals surface area contributed by atoms with Gasteiger partial charge in [-0.15, -0.1) is 11.3 Å². The van der Waals surface area contributed by atoms with Gasteiger partial charge in [-0.2, -0.15) is 10.4 Å². The molecule has 0 unspecified atom stereocenters. The summed E-state index contributed by atoms with van der Waals surface area (Å²) in [6, 6.07) is 7.54. The van der Waals surface area contributed by atoms with Gasteiger partial charge in [0.2, 0.25) is 5.13 Å². The number of carbonyl (C=O) groups is 1. The fourth-order valence-electron chi connectivity index (χ4n) is 2.18. The van der Waals surface area contributed by atoms with Gasteiger partial charge in [-0.3, -0.25) is 10.2 Å². The van der Waals surface area contributed by atoms with Gasteiger partial charge in [0, 0.05) is 11.8 Å². The highest BCUT2D eigenvalue weighted by Crippen LogP contribution is 2.27. The summed E-state index contributed by atoms with van der Waals surface area (Å²) in [5.41, 5.74) is 4.29. The molecule has 2 aromatic rings. The number of thiazole rings is 1. The van der Waals surface area contributed by atoms with Crippen LogP contribution < -0.4 is 14.9 Å². The number of carbonyl (C=O) groups excluding carboxylic acids is 1. The van der Waals surface area contributed by atoms with E-state index < -0.39 is 0 Å². The Balaban J connectivity index is 1.93. The zero-order chi connectivity index (χ0) is 20.2. The molecule has 0 aliphatic rings. The van der Waals surface area contributed by atoms with E-state index in [-0.39, 0.29) is 12.4 Å². The number of anilines is 1. The van der Waals surface area contributed by atoms with Gasteiger partial charge in [0.1, 0.15) is 0 Å². The number of nitrogens with zero attached hydrogens (tertiary/aromatic N) is 3. The van der Waals surface area contributed by atoms with Crippen molar-refractivity contribution in [1.82, 2.24) is 4.98 Å². The maximum absolute atomic E-state index is 11.5. The van der Waals surface area contributed by atoms with Gasteiger partial charge in [0.15, 0.2) is 11.5 Å². The standard InChI is InChI=1S/C19H22N4O4S/c1-3-26-18(24)11-15-13-28-19(22-15)23-21-12-14-6-7-16(25-2)17(10-14)27-9-5-4-8-20/h6-7,10,12-13H,3-5,9,11H2,1-2H3,(H,22,23). The fraction of sp³-hybridized carbons (Fsp3) is 0.368. The van der Waals surface area contributed by atoms with Crippen LogP contribution in [0.4, 0.5) is 5.13 Å². The van der Waals surface area contributed by atoms with Crippen LogP contribution in [-0.4, -0.2) is 37.5 Å². The van der Waals surface area contributed by atoms with Gasteiger partial charge in [-0.1, -0.05) is 0 Å². The lowest BCUT2D eigenvalue weighted by Crippen LogP contribution is -2.07. The largest absolute Gasteiger partial charge is 0.493 e. The van der Waals surface area contributed by atoms with E-state index in [4.69, 9.17) is 19.5 Å².